The van der Waals surface area contributed by atoms with Gasteiger partial charge in [-0.25, -0.2) is 0 Å². The average Bonchev–Trinajstić information content (AvgIpc) is 2.61. The van der Waals surface area contributed by atoms with Crippen molar-refractivity contribution in [3.8, 4) is 0 Å². The Bertz CT molecular complexity index is 449. The van der Waals surface area contributed by atoms with E-state index < -0.39 is 0 Å². The van der Waals surface area contributed by atoms with Crippen LogP contribution in [0.2, 0.25) is 0 Å². The topological polar surface area (TPSA) is 81.7 Å². The van der Waals surface area contributed by atoms with Gasteiger partial charge in [0.15, 0.2) is 0 Å². The highest BCUT2D eigenvalue weighted by atomic mass is 15.7. The van der Waals surface area contributed by atoms with Gasteiger partial charge in [0.25, 0.3) is 5.95 Å². The number of nitrogens with two attached hydrogens (primary N) is 1. The number of nitrogens with one attached hydrogen (secondary N) is 1. The van der Waals surface area contributed by atoms with E-state index >= 15 is 0 Å². The second-order valence-corrected chi connectivity index (χ2v) is 3.27. The fraction of sp³-hybridized carbons (Fsp3) is 0.222. The Morgan fingerprint density at radius 2 is 2.33 bits per heavy atom. The Balaban J connectivity index is 2.02. The maximum Gasteiger partial charge on any atom is 0.260 e. The molecule has 3 N–H and O–H groups in total. The van der Waals surface area contributed by atoms with Crippen molar-refractivity contribution in [2.75, 3.05) is 11.2 Å². The van der Waals surface area contributed by atoms with Crippen LogP contribution in [0.3, 0.4) is 0 Å². The van der Waals surface area contributed by atoms with E-state index in [1.807, 2.05) is 12.1 Å². The summed E-state index contributed by atoms with van der Waals surface area (Å²) >= 11 is 0. The SMILES string of the molecule is Cc1cccc(CNn2nnnc2N)c1. The summed E-state index contributed by atoms with van der Waals surface area (Å²) in [6.07, 6.45) is 0. The van der Waals surface area contributed by atoms with E-state index in [1.165, 1.54) is 10.4 Å². The van der Waals surface area contributed by atoms with E-state index in [1.54, 1.807) is 0 Å². The van der Waals surface area contributed by atoms with Crippen LogP contribution in [0.15, 0.2) is 24.3 Å². The third kappa shape index (κ3) is 2.22. The number of tetrazole rings is 1. The molecule has 0 unspecified atom stereocenters. The molecule has 0 saturated heterocycles. The molecule has 1 heterocycles. The van der Waals surface area contributed by atoms with Crippen LogP contribution in [0.4, 0.5) is 5.95 Å². The fourth-order valence-corrected chi connectivity index (χ4v) is 1.29. The van der Waals surface area contributed by atoms with Crippen molar-refractivity contribution in [2.45, 2.75) is 13.5 Å². The average molecular weight is 204 g/mol. The molecule has 0 amide bonds. The van der Waals surface area contributed by atoms with Gasteiger partial charge in [-0.15, -0.1) is 4.79 Å². The molecule has 15 heavy (non-hydrogen) atoms. The first-order valence-electron chi connectivity index (χ1n) is 4.59. The lowest BCUT2D eigenvalue weighted by molar-refractivity contribution is 0.693. The molecule has 0 bridgehead atoms. The molecule has 0 spiro atoms. The van der Waals surface area contributed by atoms with E-state index in [4.69, 9.17) is 5.73 Å². The highest BCUT2D eigenvalue weighted by Gasteiger charge is 1.99. The zero-order valence-corrected chi connectivity index (χ0v) is 8.38. The summed E-state index contributed by atoms with van der Waals surface area (Å²) in [6, 6.07) is 8.18. The number of benzene rings is 1. The Morgan fingerprint density at radius 3 is 3.00 bits per heavy atom. The number of hydrogen-bond donors (Lipinski definition) is 2. The first-order valence-corrected chi connectivity index (χ1v) is 4.59. The maximum absolute atomic E-state index is 5.50. The number of aromatic nitrogens is 4. The normalized spacial score (nSPS) is 10.2. The Morgan fingerprint density at radius 1 is 1.47 bits per heavy atom. The van der Waals surface area contributed by atoms with Gasteiger partial charge in [0.1, 0.15) is 0 Å². The monoisotopic (exact) mass is 204 g/mol. The fourth-order valence-electron chi connectivity index (χ4n) is 1.29. The molecule has 0 saturated carbocycles. The molecule has 0 aliphatic heterocycles. The molecular formula is C9H12N6. The maximum atomic E-state index is 5.50. The lowest BCUT2D eigenvalue weighted by Gasteiger charge is -2.06. The highest BCUT2D eigenvalue weighted by molar-refractivity contribution is 5.23. The number of rotatable bonds is 3. The smallest absolute Gasteiger partial charge is 0.260 e. The van der Waals surface area contributed by atoms with Crippen molar-refractivity contribution < 1.29 is 0 Å². The Kier molecular flexibility index (Phi) is 2.49. The van der Waals surface area contributed by atoms with Crippen LogP contribution in [-0.2, 0) is 6.54 Å². The summed E-state index contributed by atoms with van der Waals surface area (Å²) < 4.78 is 0. The van der Waals surface area contributed by atoms with E-state index in [9.17, 15) is 0 Å². The molecule has 6 heteroatoms. The summed E-state index contributed by atoms with van der Waals surface area (Å²) in [5.74, 6) is 0.252. The lowest BCUT2D eigenvalue weighted by atomic mass is 10.1. The molecule has 0 aliphatic carbocycles. The van der Waals surface area contributed by atoms with E-state index in [2.05, 4.69) is 40.0 Å². The van der Waals surface area contributed by atoms with Crippen LogP contribution in [0.5, 0.6) is 0 Å². The summed E-state index contributed by atoms with van der Waals surface area (Å²) in [7, 11) is 0. The first kappa shape index (κ1) is 9.45. The van der Waals surface area contributed by atoms with Gasteiger partial charge in [0.2, 0.25) is 0 Å². The largest absolute Gasteiger partial charge is 0.365 e. The van der Waals surface area contributed by atoms with Gasteiger partial charge < -0.3 is 11.2 Å². The summed E-state index contributed by atoms with van der Waals surface area (Å²) in [5.41, 5.74) is 10.9. The van der Waals surface area contributed by atoms with Gasteiger partial charge in [-0.1, -0.05) is 34.9 Å². The number of aryl methyl sites for hydroxylation is 1. The predicted octanol–water partition coefficient (Wildman–Crippen LogP) is 0.307. The molecule has 2 aromatic rings. The number of nitrogen functional groups attached to an aromatic ring is 1. The second-order valence-electron chi connectivity index (χ2n) is 3.27. The van der Waals surface area contributed by atoms with Crippen molar-refractivity contribution in [3.63, 3.8) is 0 Å². The number of hydrogen-bond acceptors (Lipinski definition) is 5. The summed E-state index contributed by atoms with van der Waals surface area (Å²) in [5, 5.41) is 10.7. The Labute approximate surface area is 87.1 Å². The third-order valence-corrected chi connectivity index (χ3v) is 2.01. The predicted molar refractivity (Wildman–Crippen MR) is 56.5 cm³/mol. The van der Waals surface area contributed by atoms with Gasteiger partial charge in [-0.3, -0.25) is 0 Å². The molecular weight excluding hydrogens is 192 g/mol. The molecule has 78 valence electrons. The van der Waals surface area contributed by atoms with E-state index in [0.717, 1.165) is 5.56 Å². The minimum absolute atomic E-state index is 0.252. The second kappa shape index (κ2) is 3.95. The van der Waals surface area contributed by atoms with Crippen LogP contribution in [0.25, 0.3) is 0 Å². The number of nitrogens with zero attached hydrogens (tertiary/aromatic N) is 4. The molecule has 0 fully saturated rings. The van der Waals surface area contributed by atoms with Crippen LogP contribution in [0.1, 0.15) is 11.1 Å². The lowest BCUT2D eigenvalue weighted by Crippen LogP contribution is -2.18. The first-order chi connectivity index (χ1) is 7.25. The molecule has 1 aromatic carbocycles. The van der Waals surface area contributed by atoms with Crippen molar-refractivity contribution in [2.24, 2.45) is 0 Å². The molecule has 0 aliphatic rings. The zero-order valence-electron chi connectivity index (χ0n) is 8.38. The number of anilines is 1. The van der Waals surface area contributed by atoms with Crippen molar-refractivity contribution in [1.82, 2.24) is 20.3 Å². The third-order valence-electron chi connectivity index (χ3n) is 2.01. The molecule has 6 nitrogen and oxygen atoms in total. The van der Waals surface area contributed by atoms with Crippen LogP contribution >= 0.6 is 0 Å². The van der Waals surface area contributed by atoms with Gasteiger partial charge >= 0.3 is 0 Å². The van der Waals surface area contributed by atoms with E-state index in [0.29, 0.717) is 6.54 Å². The quantitative estimate of drug-likeness (QED) is 0.751. The minimum atomic E-state index is 0.252. The molecule has 1 aromatic heterocycles. The standard InChI is InChI=1S/C9H12N6/c1-7-3-2-4-8(5-7)6-11-15-9(10)12-13-14-15/h2-5,11H,6H2,1H3,(H2,10,12,14). The minimum Gasteiger partial charge on any atom is -0.365 e. The molecule has 0 atom stereocenters. The van der Waals surface area contributed by atoms with Gasteiger partial charge in [0.05, 0.1) is 6.54 Å². The van der Waals surface area contributed by atoms with Crippen molar-refractivity contribution >= 4 is 5.95 Å². The van der Waals surface area contributed by atoms with Crippen molar-refractivity contribution in [3.05, 3.63) is 35.4 Å². The van der Waals surface area contributed by atoms with E-state index in [-0.39, 0.29) is 5.95 Å². The van der Waals surface area contributed by atoms with Crippen molar-refractivity contribution in [1.29, 1.82) is 0 Å². The summed E-state index contributed by atoms with van der Waals surface area (Å²) in [6.45, 7) is 2.69. The van der Waals surface area contributed by atoms with Gasteiger partial charge in [-0.2, -0.15) is 0 Å². The van der Waals surface area contributed by atoms with Gasteiger partial charge in [0, 0.05) is 0 Å². The van der Waals surface area contributed by atoms with Gasteiger partial charge in [-0.05, 0) is 22.9 Å². The highest BCUT2D eigenvalue weighted by Crippen LogP contribution is 2.03. The summed E-state index contributed by atoms with van der Waals surface area (Å²) in [4.78, 5) is 1.35. The van der Waals surface area contributed by atoms with Crippen LogP contribution in [-0.4, -0.2) is 20.3 Å². The Hall–Kier alpha value is -2.11. The molecule has 2 rings (SSSR count). The molecule has 0 radical (unpaired) electrons. The van der Waals surface area contributed by atoms with Crippen LogP contribution < -0.4 is 11.2 Å². The zero-order chi connectivity index (χ0) is 10.7. The van der Waals surface area contributed by atoms with Crippen LogP contribution in [0, 0.1) is 6.92 Å².